The van der Waals surface area contributed by atoms with Crippen LogP contribution in [0.5, 0.6) is 0 Å². The quantitative estimate of drug-likeness (QED) is 0.822. The van der Waals surface area contributed by atoms with Crippen LogP contribution in [0.1, 0.15) is 60.4 Å². The standard InChI is InChI=1S/C20H23NO2/c1-5-18(22)14-8-12-17(13-9-14)21-19(23)15-6-10-16(11-7-15)20(2,3)4/h6-13H,5H2,1-4H3,(H,21,23). The lowest BCUT2D eigenvalue weighted by atomic mass is 9.87. The third-order valence-corrected chi connectivity index (χ3v) is 3.80. The first-order valence-corrected chi connectivity index (χ1v) is 7.86. The van der Waals surface area contributed by atoms with Gasteiger partial charge < -0.3 is 5.32 Å². The second-order valence-electron chi connectivity index (χ2n) is 6.64. The monoisotopic (exact) mass is 309 g/mol. The van der Waals surface area contributed by atoms with Crippen molar-refractivity contribution in [1.82, 2.24) is 0 Å². The molecule has 23 heavy (non-hydrogen) atoms. The van der Waals surface area contributed by atoms with Crippen molar-refractivity contribution in [2.24, 2.45) is 0 Å². The van der Waals surface area contributed by atoms with Gasteiger partial charge in [0.1, 0.15) is 0 Å². The molecule has 0 bridgehead atoms. The van der Waals surface area contributed by atoms with Gasteiger partial charge in [-0.25, -0.2) is 0 Å². The Morgan fingerprint density at radius 3 is 1.87 bits per heavy atom. The summed E-state index contributed by atoms with van der Waals surface area (Å²) >= 11 is 0. The summed E-state index contributed by atoms with van der Waals surface area (Å²) in [5.74, 6) is -0.0549. The van der Waals surface area contributed by atoms with Crippen molar-refractivity contribution < 1.29 is 9.59 Å². The van der Waals surface area contributed by atoms with Crippen molar-refractivity contribution in [3.63, 3.8) is 0 Å². The minimum absolute atomic E-state index is 0.0661. The van der Waals surface area contributed by atoms with E-state index in [-0.39, 0.29) is 17.1 Å². The summed E-state index contributed by atoms with van der Waals surface area (Å²) in [6.45, 7) is 8.25. The second kappa shape index (κ2) is 6.78. The van der Waals surface area contributed by atoms with Crippen LogP contribution in [0.3, 0.4) is 0 Å². The number of hydrogen-bond donors (Lipinski definition) is 1. The van der Waals surface area contributed by atoms with E-state index in [1.165, 1.54) is 5.56 Å². The van der Waals surface area contributed by atoms with Crippen LogP contribution >= 0.6 is 0 Å². The molecular weight excluding hydrogens is 286 g/mol. The zero-order valence-electron chi connectivity index (χ0n) is 14.1. The number of hydrogen-bond acceptors (Lipinski definition) is 2. The van der Waals surface area contributed by atoms with Crippen LogP contribution in [0, 0.1) is 0 Å². The second-order valence-corrected chi connectivity index (χ2v) is 6.64. The zero-order chi connectivity index (χ0) is 17.0. The number of ketones is 1. The number of amides is 1. The molecule has 0 fully saturated rings. The van der Waals surface area contributed by atoms with E-state index in [2.05, 4.69) is 26.1 Å². The molecule has 2 aromatic rings. The highest BCUT2D eigenvalue weighted by Gasteiger charge is 2.14. The lowest BCUT2D eigenvalue weighted by Gasteiger charge is -2.19. The van der Waals surface area contributed by atoms with Crippen molar-refractivity contribution in [2.45, 2.75) is 39.5 Å². The van der Waals surface area contributed by atoms with Gasteiger partial charge >= 0.3 is 0 Å². The first-order valence-electron chi connectivity index (χ1n) is 7.86. The van der Waals surface area contributed by atoms with Gasteiger partial charge in [0.05, 0.1) is 0 Å². The fraction of sp³-hybridized carbons (Fsp3) is 0.300. The summed E-state index contributed by atoms with van der Waals surface area (Å²) in [6, 6.07) is 14.6. The molecule has 0 saturated heterocycles. The highest BCUT2D eigenvalue weighted by atomic mass is 16.1. The van der Waals surface area contributed by atoms with Crippen molar-refractivity contribution in [2.75, 3.05) is 5.32 Å². The summed E-state index contributed by atoms with van der Waals surface area (Å²) in [5.41, 5.74) is 3.22. The van der Waals surface area contributed by atoms with Gasteiger partial charge in [0.15, 0.2) is 5.78 Å². The van der Waals surface area contributed by atoms with Gasteiger partial charge in [0.25, 0.3) is 5.91 Å². The molecule has 0 heterocycles. The number of nitrogens with one attached hydrogen (secondary N) is 1. The fourth-order valence-electron chi connectivity index (χ4n) is 2.27. The summed E-state index contributed by atoms with van der Waals surface area (Å²) < 4.78 is 0. The van der Waals surface area contributed by atoms with Crippen molar-refractivity contribution in [3.05, 3.63) is 65.2 Å². The van der Waals surface area contributed by atoms with Crippen LogP contribution in [-0.4, -0.2) is 11.7 Å². The molecule has 0 radical (unpaired) electrons. The molecule has 3 heteroatoms. The van der Waals surface area contributed by atoms with E-state index < -0.39 is 0 Å². The average molecular weight is 309 g/mol. The summed E-state index contributed by atoms with van der Waals surface area (Å²) in [6.07, 6.45) is 0.478. The van der Waals surface area contributed by atoms with Gasteiger partial charge in [0.2, 0.25) is 0 Å². The minimum Gasteiger partial charge on any atom is -0.322 e. The first-order chi connectivity index (χ1) is 10.8. The highest BCUT2D eigenvalue weighted by molar-refractivity contribution is 6.04. The van der Waals surface area contributed by atoms with Crippen LogP contribution in [-0.2, 0) is 5.41 Å². The molecule has 2 aromatic carbocycles. The minimum atomic E-state index is -0.153. The molecule has 1 N–H and O–H groups in total. The third kappa shape index (κ3) is 4.28. The number of anilines is 1. The van der Waals surface area contributed by atoms with Crippen LogP contribution in [0.4, 0.5) is 5.69 Å². The number of rotatable bonds is 4. The van der Waals surface area contributed by atoms with Crippen molar-refractivity contribution in [1.29, 1.82) is 0 Å². The smallest absolute Gasteiger partial charge is 0.255 e. The molecule has 1 amide bonds. The molecule has 0 aliphatic heterocycles. The van der Waals surface area contributed by atoms with Crippen LogP contribution in [0.15, 0.2) is 48.5 Å². The van der Waals surface area contributed by atoms with Gasteiger partial charge in [-0.1, -0.05) is 39.8 Å². The summed E-state index contributed by atoms with van der Waals surface area (Å²) in [7, 11) is 0. The molecular formula is C20H23NO2. The Hall–Kier alpha value is -2.42. The maximum atomic E-state index is 12.3. The van der Waals surface area contributed by atoms with E-state index >= 15 is 0 Å². The lowest BCUT2D eigenvalue weighted by molar-refractivity contribution is 0.0987. The Kier molecular flexibility index (Phi) is 4.99. The molecule has 2 rings (SSSR count). The van der Waals surface area contributed by atoms with Gasteiger partial charge in [-0.2, -0.15) is 0 Å². The van der Waals surface area contributed by atoms with Crippen molar-refractivity contribution in [3.8, 4) is 0 Å². The maximum Gasteiger partial charge on any atom is 0.255 e. The molecule has 0 spiro atoms. The first kappa shape index (κ1) is 16.9. The Morgan fingerprint density at radius 2 is 1.39 bits per heavy atom. The van der Waals surface area contributed by atoms with E-state index in [4.69, 9.17) is 0 Å². The van der Waals surface area contributed by atoms with Crippen LogP contribution in [0.25, 0.3) is 0 Å². The van der Waals surface area contributed by atoms with E-state index in [9.17, 15) is 9.59 Å². The van der Waals surface area contributed by atoms with Gasteiger partial charge in [-0.3, -0.25) is 9.59 Å². The Labute approximate surface area is 137 Å². The third-order valence-electron chi connectivity index (χ3n) is 3.80. The molecule has 3 nitrogen and oxygen atoms in total. The number of Topliss-reactive ketones (excluding diaryl/α,β-unsaturated/α-hetero) is 1. The fourth-order valence-corrected chi connectivity index (χ4v) is 2.27. The van der Waals surface area contributed by atoms with Crippen LogP contribution < -0.4 is 5.32 Å². The van der Waals surface area contributed by atoms with Gasteiger partial charge in [-0.15, -0.1) is 0 Å². The molecule has 0 aliphatic rings. The molecule has 0 aromatic heterocycles. The SMILES string of the molecule is CCC(=O)c1ccc(NC(=O)c2ccc(C(C)(C)C)cc2)cc1. The normalized spacial score (nSPS) is 11.1. The average Bonchev–Trinajstić information content (AvgIpc) is 2.54. The van der Waals surface area contributed by atoms with E-state index in [0.29, 0.717) is 23.2 Å². The van der Waals surface area contributed by atoms with E-state index in [0.717, 1.165) is 0 Å². The number of carbonyl (C=O) groups is 2. The molecule has 0 aliphatic carbocycles. The number of benzene rings is 2. The Bertz CT molecular complexity index is 692. The molecule has 0 unspecified atom stereocenters. The summed E-state index contributed by atoms with van der Waals surface area (Å²) in [5, 5.41) is 2.85. The van der Waals surface area contributed by atoms with Gasteiger partial charge in [-0.05, 0) is 47.4 Å². The predicted molar refractivity (Wildman–Crippen MR) is 94.2 cm³/mol. The molecule has 0 saturated carbocycles. The maximum absolute atomic E-state index is 12.3. The van der Waals surface area contributed by atoms with E-state index in [1.54, 1.807) is 24.3 Å². The Morgan fingerprint density at radius 1 is 0.870 bits per heavy atom. The van der Waals surface area contributed by atoms with Gasteiger partial charge in [0, 0.05) is 23.2 Å². The topological polar surface area (TPSA) is 46.2 Å². The predicted octanol–water partition coefficient (Wildman–Crippen LogP) is 4.83. The lowest BCUT2D eigenvalue weighted by Crippen LogP contribution is -2.14. The summed E-state index contributed by atoms with van der Waals surface area (Å²) in [4.78, 5) is 23.9. The Balaban J connectivity index is 2.08. The zero-order valence-corrected chi connectivity index (χ0v) is 14.1. The molecule has 120 valence electrons. The largest absolute Gasteiger partial charge is 0.322 e. The van der Waals surface area contributed by atoms with Crippen LogP contribution in [0.2, 0.25) is 0 Å². The molecule has 0 atom stereocenters. The van der Waals surface area contributed by atoms with E-state index in [1.807, 2.05) is 31.2 Å². The highest BCUT2D eigenvalue weighted by Crippen LogP contribution is 2.22. The number of carbonyl (C=O) groups excluding carboxylic acids is 2. The van der Waals surface area contributed by atoms with Crippen molar-refractivity contribution >= 4 is 17.4 Å².